The number of rotatable bonds is 5. The van der Waals surface area contributed by atoms with Crippen molar-refractivity contribution < 1.29 is 0 Å². The first-order valence-corrected chi connectivity index (χ1v) is 6.79. The minimum Gasteiger partial charge on any atom is -0.377 e. The molecule has 0 spiro atoms. The maximum absolute atomic E-state index is 4.40. The highest BCUT2D eigenvalue weighted by Gasteiger charge is 2.00. The van der Waals surface area contributed by atoms with E-state index in [0.29, 0.717) is 6.54 Å². The van der Waals surface area contributed by atoms with Gasteiger partial charge in [0.05, 0.1) is 18.4 Å². The van der Waals surface area contributed by atoms with Crippen molar-refractivity contribution in [2.45, 2.75) is 6.54 Å². The van der Waals surface area contributed by atoms with Crippen LogP contribution in [-0.4, -0.2) is 14.5 Å². The van der Waals surface area contributed by atoms with Crippen LogP contribution in [0, 0.1) is 0 Å². The Hall–Kier alpha value is -2.82. The Labute approximate surface area is 123 Å². The van der Waals surface area contributed by atoms with E-state index in [4.69, 9.17) is 0 Å². The molecule has 1 aromatic carbocycles. The Morgan fingerprint density at radius 2 is 1.86 bits per heavy atom. The van der Waals surface area contributed by atoms with E-state index in [0.717, 1.165) is 23.0 Å². The molecule has 5 heteroatoms. The maximum atomic E-state index is 4.40. The number of nitrogens with one attached hydrogen (secondary N) is 2. The molecule has 0 saturated carbocycles. The van der Waals surface area contributed by atoms with Crippen molar-refractivity contribution in [3.05, 3.63) is 66.9 Å². The molecule has 0 atom stereocenters. The lowest BCUT2D eigenvalue weighted by Crippen LogP contribution is -2.06. The van der Waals surface area contributed by atoms with Gasteiger partial charge in [0.1, 0.15) is 11.6 Å². The summed E-state index contributed by atoms with van der Waals surface area (Å²) in [6.07, 6.45) is 5.54. The van der Waals surface area contributed by atoms with Gasteiger partial charge in [-0.2, -0.15) is 0 Å². The van der Waals surface area contributed by atoms with Gasteiger partial charge in [0.2, 0.25) is 0 Å². The summed E-state index contributed by atoms with van der Waals surface area (Å²) in [7, 11) is 1.98. The first kappa shape index (κ1) is 13.2. The molecule has 3 aromatic rings. The van der Waals surface area contributed by atoms with Gasteiger partial charge >= 0.3 is 0 Å². The summed E-state index contributed by atoms with van der Waals surface area (Å²) in [6.45, 7) is 0.677. The second-order valence-electron chi connectivity index (χ2n) is 4.73. The molecule has 0 aliphatic rings. The van der Waals surface area contributed by atoms with Crippen LogP contribution >= 0.6 is 0 Å². The van der Waals surface area contributed by atoms with Crippen LogP contribution in [0.2, 0.25) is 0 Å². The van der Waals surface area contributed by atoms with E-state index >= 15 is 0 Å². The molecule has 0 radical (unpaired) electrons. The van der Waals surface area contributed by atoms with Crippen molar-refractivity contribution >= 4 is 17.2 Å². The van der Waals surface area contributed by atoms with Gasteiger partial charge in [-0.25, -0.2) is 9.97 Å². The normalized spacial score (nSPS) is 10.3. The van der Waals surface area contributed by atoms with Crippen molar-refractivity contribution in [1.82, 2.24) is 14.5 Å². The van der Waals surface area contributed by atoms with Gasteiger partial charge < -0.3 is 15.2 Å². The molecule has 2 aromatic heterocycles. The molecule has 0 saturated heterocycles. The summed E-state index contributed by atoms with van der Waals surface area (Å²) in [5.74, 6) is 1.81. The largest absolute Gasteiger partial charge is 0.377 e. The summed E-state index contributed by atoms with van der Waals surface area (Å²) in [5, 5.41) is 6.56. The lowest BCUT2D eigenvalue weighted by atomic mass is 10.3. The third-order valence-electron chi connectivity index (χ3n) is 3.18. The number of hydrogen-bond acceptors (Lipinski definition) is 4. The Kier molecular flexibility index (Phi) is 3.82. The predicted molar refractivity (Wildman–Crippen MR) is 84.5 cm³/mol. The lowest BCUT2D eigenvalue weighted by molar-refractivity contribution is 0.812. The summed E-state index contributed by atoms with van der Waals surface area (Å²) >= 11 is 0. The van der Waals surface area contributed by atoms with Crippen LogP contribution in [0.5, 0.6) is 0 Å². The molecule has 0 unspecified atom stereocenters. The Morgan fingerprint density at radius 1 is 1.00 bits per heavy atom. The molecule has 0 amide bonds. The first-order valence-electron chi connectivity index (χ1n) is 6.79. The van der Waals surface area contributed by atoms with Gasteiger partial charge in [-0.05, 0) is 24.3 Å². The summed E-state index contributed by atoms with van der Waals surface area (Å²) in [6, 6.07) is 13.9. The molecule has 2 heterocycles. The fourth-order valence-corrected chi connectivity index (χ4v) is 1.99. The maximum Gasteiger partial charge on any atom is 0.130 e. The second-order valence-corrected chi connectivity index (χ2v) is 4.73. The van der Waals surface area contributed by atoms with Crippen LogP contribution < -0.4 is 10.6 Å². The number of pyridine rings is 1. The molecule has 0 bridgehead atoms. The van der Waals surface area contributed by atoms with Crippen LogP contribution in [0.4, 0.5) is 17.2 Å². The highest BCUT2D eigenvalue weighted by Crippen LogP contribution is 2.15. The second kappa shape index (κ2) is 6.09. The summed E-state index contributed by atoms with van der Waals surface area (Å²) in [5.41, 5.74) is 2.00. The van der Waals surface area contributed by atoms with E-state index in [-0.39, 0.29) is 0 Å². The highest BCUT2D eigenvalue weighted by atomic mass is 15.1. The van der Waals surface area contributed by atoms with Gasteiger partial charge in [0.25, 0.3) is 0 Å². The van der Waals surface area contributed by atoms with E-state index in [2.05, 4.69) is 20.6 Å². The number of nitrogens with zero attached hydrogens (tertiary/aromatic N) is 3. The summed E-state index contributed by atoms with van der Waals surface area (Å²) < 4.78 is 1.99. The number of benzene rings is 1. The standard InChI is InChI=1S/C16H17N5/c1-21-10-9-17-16(21)12-18-14-7-8-15(19-11-14)20-13-5-3-2-4-6-13/h2-11,18H,12H2,1H3,(H,19,20). The zero-order valence-corrected chi connectivity index (χ0v) is 11.8. The zero-order valence-electron chi connectivity index (χ0n) is 11.8. The molecule has 0 aliphatic carbocycles. The van der Waals surface area contributed by atoms with Crippen LogP contribution in [0.15, 0.2) is 61.1 Å². The number of aryl methyl sites for hydroxylation is 1. The molecule has 0 fully saturated rings. The Bertz CT molecular complexity index is 688. The lowest BCUT2D eigenvalue weighted by Gasteiger charge is -2.08. The quantitative estimate of drug-likeness (QED) is 0.753. The van der Waals surface area contributed by atoms with Crippen molar-refractivity contribution in [3.8, 4) is 0 Å². The predicted octanol–water partition coefficient (Wildman–Crippen LogP) is 3.17. The molecule has 3 rings (SSSR count). The van der Waals surface area contributed by atoms with Gasteiger partial charge in [-0.3, -0.25) is 0 Å². The Morgan fingerprint density at radius 3 is 2.52 bits per heavy atom. The number of anilines is 3. The fourth-order valence-electron chi connectivity index (χ4n) is 1.99. The van der Waals surface area contributed by atoms with E-state index in [1.54, 1.807) is 6.20 Å². The number of para-hydroxylation sites is 1. The van der Waals surface area contributed by atoms with E-state index in [9.17, 15) is 0 Å². The first-order chi connectivity index (χ1) is 10.3. The van der Waals surface area contributed by atoms with Crippen molar-refractivity contribution in [3.63, 3.8) is 0 Å². The molecule has 106 valence electrons. The average Bonchev–Trinajstić information content (AvgIpc) is 2.93. The van der Waals surface area contributed by atoms with Gasteiger partial charge in [-0.15, -0.1) is 0 Å². The molecule has 21 heavy (non-hydrogen) atoms. The fraction of sp³-hybridized carbons (Fsp3) is 0.125. The number of hydrogen-bond donors (Lipinski definition) is 2. The van der Waals surface area contributed by atoms with Crippen molar-refractivity contribution in [2.24, 2.45) is 7.05 Å². The van der Waals surface area contributed by atoms with E-state index in [1.807, 2.05) is 66.5 Å². The molecule has 2 N–H and O–H groups in total. The number of imidazole rings is 1. The molecule has 5 nitrogen and oxygen atoms in total. The third kappa shape index (κ3) is 3.39. The van der Waals surface area contributed by atoms with Crippen LogP contribution in [0.3, 0.4) is 0 Å². The minimum absolute atomic E-state index is 0.677. The Balaban J connectivity index is 1.60. The average molecular weight is 279 g/mol. The molecular formula is C16H17N5. The van der Waals surface area contributed by atoms with Crippen LogP contribution in [0.1, 0.15) is 5.82 Å². The summed E-state index contributed by atoms with van der Waals surface area (Å²) in [4.78, 5) is 8.67. The smallest absolute Gasteiger partial charge is 0.130 e. The van der Waals surface area contributed by atoms with Gasteiger partial charge in [0.15, 0.2) is 0 Å². The molecule has 0 aliphatic heterocycles. The SMILES string of the molecule is Cn1ccnc1CNc1ccc(Nc2ccccc2)nc1. The van der Waals surface area contributed by atoms with Crippen molar-refractivity contribution in [2.75, 3.05) is 10.6 Å². The van der Waals surface area contributed by atoms with E-state index < -0.39 is 0 Å². The topological polar surface area (TPSA) is 54.8 Å². The molecular weight excluding hydrogens is 262 g/mol. The van der Waals surface area contributed by atoms with Gasteiger partial charge in [-0.1, -0.05) is 18.2 Å². The van der Waals surface area contributed by atoms with Crippen LogP contribution in [0.25, 0.3) is 0 Å². The third-order valence-corrected chi connectivity index (χ3v) is 3.18. The highest BCUT2D eigenvalue weighted by molar-refractivity contribution is 5.57. The zero-order chi connectivity index (χ0) is 14.5. The monoisotopic (exact) mass is 279 g/mol. The minimum atomic E-state index is 0.677. The van der Waals surface area contributed by atoms with Crippen LogP contribution in [-0.2, 0) is 13.6 Å². The van der Waals surface area contributed by atoms with Crippen molar-refractivity contribution in [1.29, 1.82) is 0 Å². The number of aromatic nitrogens is 3. The van der Waals surface area contributed by atoms with E-state index in [1.165, 1.54) is 0 Å². The van der Waals surface area contributed by atoms with Gasteiger partial charge in [0, 0.05) is 25.1 Å².